The molecular weight excluding hydrogens is 264 g/mol. The fourth-order valence-electron chi connectivity index (χ4n) is 3.10. The molecule has 2 aliphatic rings. The van der Waals surface area contributed by atoms with E-state index in [9.17, 15) is 8.42 Å². The quantitative estimate of drug-likeness (QED) is 0.818. The third-order valence-corrected chi connectivity index (χ3v) is 5.72. The summed E-state index contributed by atoms with van der Waals surface area (Å²) in [7, 11) is -3.05. The number of anilines is 1. The third kappa shape index (κ3) is 2.25. The average Bonchev–Trinajstić information content (AvgIpc) is 2.89. The minimum atomic E-state index is -3.05. The molecule has 1 aliphatic heterocycles. The zero-order valence-electron chi connectivity index (χ0n) is 11.1. The number of H-pyrrole nitrogens is 1. The molecule has 1 unspecified atom stereocenters. The Morgan fingerprint density at radius 1 is 1.32 bits per heavy atom. The molecule has 1 aliphatic carbocycles. The number of aromatic amines is 1. The lowest BCUT2D eigenvalue weighted by atomic mass is 10.1. The van der Waals surface area contributed by atoms with Crippen molar-refractivity contribution in [3.05, 3.63) is 11.3 Å². The maximum Gasteiger partial charge on any atom is 0.156 e. The minimum Gasteiger partial charge on any atom is -0.355 e. The standard InChI is InChI=1S/C12H20N4O2S/c1-19(17,18)10-3-2-9-11(10)14-15-12(9)16-6-4-8(13)5-7-16/h8,10H,2-7,13H2,1H3,(H,14,15). The van der Waals surface area contributed by atoms with Crippen LogP contribution in [0.5, 0.6) is 0 Å². The van der Waals surface area contributed by atoms with Gasteiger partial charge in [0, 0.05) is 31.0 Å². The Labute approximate surface area is 113 Å². The maximum absolute atomic E-state index is 11.7. The van der Waals surface area contributed by atoms with Crippen molar-refractivity contribution in [1.29, 1.82) is 0 Å². The third-order valence-electron chi connectivity index (χ3n) is 4.21. The van der Waals surface area contributed by atoms with E-state index in [0.717, 1.165) is 49.4 Å². The van der Waals surface area contributed by atoms with Gasteiger partial charge in [0.15, 0.2) is 15.7 Å². The Balaban J connectivity index is 1.87. The summed E-state index contributed by atoms with van der Waals surface area (Å²) in [5.74, 6) is 0.938. The molecule has 1 atom stereocenters. The monoisotopic (exact) mass is 284 g/mol. The lowest BCUT2D eigenvalue weighted by Gasteiger charge is -2.30. The second kappa shape index (κ2) is 4.49. The fraction of sp³-hybridized carbons (Fsp3) is 0.750. The van der Waals surface area contributed by atoms with E-state index in [4.69, 9.17) is 5.73 Å². The number of fused-ring (bicyclic) bond motifs is 1. The van der Waals surface area contributed by atoms with Gasteiger partial charge in [-0.3, -0.25) is 5.10 Å². The number of nitrogens with two attached hydrogens (primary N) is 1. The highest BCUT2D eigenvalue weighted by Crippen LogP contribution is 2.40. The van der Waals surface area contributed by atoms with Gasteiger partial charge in [-0.1, -0.05) is 0 Å². The smallest absolute Gasteiger partial charge is 0.156 e. The molecule has 1 aromatic rings. The largest absolute Gasteiger partial charge is 0.355 e. The molecule has 6 nitrogen and oxygen atoms in total. The number of aromatic nitrogens is 2. The molecule has 0 bridgehead atoms. The first-order valence-electron chi connectivity index (χ1n) is 6.73. The molecule has 1 fully saturated rings. The Bertz CT molecular complexity index is 573. The van der Waals surface area contributed by atoms with E-state index in [1.165, 1.54) is 6.26 Å². The molecule has 3 N–H and O–H groups in total. The topological polar surface area (TPSA) is 92.1 Å². The van der Waals surface area contributed by atoms with E-state index in [2.05, 4.69) is 15.1 Å². The average molecular weight is 284 g/mol. The van der Waals surface area contributed by atoms with Gasteiger partial charge in [-0.25, -0.2) is 8.42 Å². The van der Waals surface area contributed by atoms with Crippen molar-refractivity contribution in [3.63, 3.8) is 0 Å². The number of rotatable bonds is 2. The van der Waals surface area contributed by atoms with Crippen LogP contribution in [0.1, 0.15) is 35.8 Å². The second-order valence-corrected chi connectivity index (χ2v) is 7.85. The summed E-state index contributed by atoms with van der Waals surface area (Å²) in [6.07, 6.45) is 4.70. The van der Waals surface area contributed by atoms with E-state index < -0.39 is 15.1 Å². The fourth-order valence-corrected chi connectivity index (χ4v) is 4.27. The van der Waals surface area contributed by atoms with Crippen LogP contribution in [0.4, 0.5) is 5.82 Å². The van der Waals surface area contributed by atoms with E-state index in [1.54, 1.807) is 0 Å². The Hall–Kier alpha value is -1.08. The van der Waals surface area contributed by atoms with Gasteiger partial charge in [0.05, 0.1) is 5.69 Å². The second-order valence-electron chi connectivity index (χ2n) is 5.62. The molecule has 3 rings (SSSR count). The van der Waals surface area contributed by atoms with Gasteiger partial charge in [0.2, 0.25) is 0 Å². The van der Waals surface area contributed by atoms with E-state index >= 15 is 0 Å². The van der Waals surface area contributed by atoms with Crippen molar-refractivity contribution < 1.29 is 8.42 Å². The predicted octanol–water partition coefficient (Wildman–Crippen LogP) is 0.369. The predicted molar refractivity (Wildman–Crippen MR) is 73.9 cm³/mol. The summed E-state index contributed by atoms with van der Waals surface area (Å²) in [6.45, 7) is 1.81. The number of hydrogen-bond acceptors (Lipinski definition) is 5. The van der Waals surface area contributed by atoms with Gasteiger partial charge in [0.1, 0.15) is 5.25 Å². The van der Waals surface area contributed by atoms with Crippen LogP contribution in [0.25, 0.3) is 0 Å². The zero-order valence-corrected chi connectivity index (χ0v) is 11.9. The molecule has 0 aromatic carbocycles. The van der Waals surface area contributed by atoms with Crippen LogP contribution in [0.2, 0.25) is 0 Å². The summed E-state index contributed by atoms with van der Waals surface area (Å²) in [5, 5.41) is 6.89. The lowest BCUT2D eigenvalue weighted by molar-refractivity contribution is 0.497. The molecule has 7 heteroatoms. The Morgan fingerprint density at radius 2 is 2.00 bits per heavy atom. The van der Waals surface area contributed by atoms with Gasteiger partial charge in [-0.2, -0.15) is 5.10 Å². The van der Waals surface area contributed by atoms with Gasteiger partial charge in [0.25, 0.3) is 0 Å². The van der Waals surface area contributed by atoms with Crippen molar-refractivity contribution in [2.45, 2.75) is 37.0 Å². The summed E-state index contributed by atoms with van der Waals surface area (Å²) in [4.78, 5) is 2.23. The van der Waals surface area contributed by atoms with Crippen LogP contribution in [0.3, 0.4) is 0 Å². The summed E-state index contributed by atoms with van der Waals surface area (Å²) in [5.41, 5.74) is 7.80. The normalized spacial score (nSPS) is 24.7. The van der Waals surface area contributed by atoms with Crippen molar-refractivity contribution in [2.24, 2.45) is 5.73 Å². The lowest BCUT2D eigenvalue weighted by Crippen LogP contribution is -2.40. The number of nitrogens with one attached hydrogen (secondary N) is 1. The van der Waals surface area contributed by atoms with Gasteiger partial charge >= 0.3 is 0 Å². The molecule has 2 heterocycles. The van der Waals surface area contributed by atoms with E-state index in [0.29, 0.717) is 6.42 Å². The Kier molecular flexibility index (Phi) is 3.05. The molecule has 0 radical (unpaired) electrons. The van der Waals surface area contributed by atoms with E-state index in [-0.39, 0.29) is 6.04 Å². The first kappa shape index (κ1) is 12.9. The molecule has 0 saturated carbocycles. The number of piperidine rings is 1. The summed E-state index contributed by atoms with van der Waals surface area (Å²) < 4.78 is 23.5. The molecule has 0 spiro atoms. The van der Waals surface area contributed by atoms with Crippen LogP contribution >= 0.6 is 0 Å². The van der Waals surface area contributed by atoms with Gasteiger partial charge in [-0.05, 0) is 25.7 Å². The number of hydrogen-bond donors (Lipinski definition) is 2. The Morgan fingerprint density at radius 3 is 2.63 bits per heavy atom. The van der Waals surface area contributed by atoms with Crippen LogP contribution in [-0.4, -0.2) is 44.0 Å². The minimum absolute atomic E-state index is 0.284. The molecule has 1 aromatic heterocycles. The maximum atomic E-state index is 11.7. The summed E-state index contributed by atoms with van der Waals surface area (Å²) in [6, 6.07) is 0.284. The first-order valence-corrected chi connectivity index (χ1v) is 8.69. The SMILES string of the molecule is CS(=O)(=O)C1CCc2c(N3CCC(N)CC3)n[nH]c21. The van der Waals surface area contributed by atoms with E-state index in [1.807, 2.05) is 0 Å². The van der Waals surface area contributed by atoms with Crippen LogP contribution in [0, 0.1) is 0 Å². The van der Waals surface area contributed by atoms with Crippen LogP contribution in [0.15, 0.2) is 0 Å². The molecule has 0 amide bonds. The first-order chi connectivity index (χ1) is 8.97. The zero-order chi connectivity index (χ0) is 13.6. The molecule has 1 saturated heterocycles. The highest BCUT2D eigenvalue weighted by atomic mass is 32.2. The number of sulfone groups is 1. The van der Waals surface area contributed by atoms with Crippen molar-refractivity contribution >= 4 is 15.7 Å². The molecule has 106 valence electrons. The molecule has 19 heavy (non-hydrogen) atoms. The van der Waals surface area contributed by atoms with Crippen LogP contribution in [-0.2, 0) is 16.3 Å². The molecular formula is C12H20N4O2S. The van der Waals surface area contributed by atoms with Crippen molar-refractivity contribution in [2.75, 3.05) is 24.2 Å². The number of nitrogens with zero attached hydrogens (tertiary/aromatic N) is 2. The highest BCUT2D eigenvalue weighted by molar-refractivity contribution is 7.90. The van der Waals surface area contributed by atoms with Gasteiger partial charge in [-0.15, -0.1) is 0 Å². The van der Waals surface area contributed by atoms with Crippen molar-refractivity contribution in [1.82, 2.24) is 10.2 Å². The van der Waals surface area contributed by atoms with Crippen molar-refractivity contribution in [3.8, 4) is 0 Å². The van der Waals surface area contributed by atoms with Gasteiger partial charge < -0.3 is 10.6 Å². The van der Waals surface area contributed by atoms with Crippen LogP contribution < -0.4 is 10.6 Å². The summed E-state index contributed by atoms with van der Waals surface area (Å²) >= 11 is 0. The highest BCUT2D eigenvalue weighted by Gasteiger charge is 2.36.